The van der Waals surface area contributed by atoms with E-state index in [1.165, 1.54) is 5.56 Å². The van der Waals surface area contributed by atoms with Crippen LogP contribution < -0.4 is 4.74 Å². The molecule has 1 atom stereocenters. The maximum Gasteiger partial charge on any atom is 0.128 e. The van der Waals surface area contributed by atoms with Crippen molar-refractivity contribution >= 4 is 0 Å². The fourth-order valence-corrected chi connectivity index (χ4v) is 2.24. The fourth-order valence-electron chi connectivity index (χ4n) is 2.24. The van der Waals surface area contributed by atoms with Crippen molar-refractivity contribution in [2.45, 2.75) is 18.9 Å². The molecule has 2 aromatic rings. The summed E-state index contributed by atoms with van der Waals surface area (Å²) in [5.41, 5.74) is 2.76. The van der Waals surface area contributed by atoms with Crippen LogP contribution in [0.5, 0.6) is 5.75 Å². The maximum atomic E-state index is 10.3. The van der Waals surface area contributed by atoms with Crippen LogP contribution in [0.2, 0.25) is 0 Å². The Hall–Kier alpha value is -1.74. The smallest absolute Gasteiger partial charge is 0.128 e. The third-order valence-electron chi connectivity index (χ3n) is 3.12. The minimum atomic E-state index is -0.679. The maximum absolute atomic E-state index is 10.3. The van der Waals surface area contributed by atoms with Crippen molar-refractivity contribution < 1.29 is 14.3 Å². The zero-order valence-electron chi connectivity index (χ0n) is 9.43. The molecule has 0 fully saturated rings. The quantitative estimate of drug-likeness (QED) is 0.862. The second-order valence-electron chi connectivity index (χ2n) is 4.25. The zero-order valence-corrected chi connectivity index (χ0v) is 9.43. The number of aryl methyl sites for hydroxylation is 1. The van der Waals surface area contributed by atoms with E-state index in [1.54, 1.807) is 18.6 Å². The zero-order chi connectivity index (χ0) is 11.7. The van der Waals surface area contributed by atoms with Crippen molar-refractivity contribution in [2.24, 2.45) is 0 Å². The molecule has 3 nitrogen and oxygen atoms in total. The molecule has 1 aliphatic rings. The Kier molecular flexibility index (Phi) is 2.61. The lowest BCUT2D eigenvalue weighted by Crippen LogP contribution is -2.12. The number of aliphatic hydroxyl groups is 1. The molecule has 0 amide bonds. The number of hydrogen-bond donors (Lipinski definition) is 1. The van der Waals surface area contributed by atoms with E-state index in [0.29, 0.717) is 0 Å². The van der Waals surface area contributed by atoms with Gasteiger partial charge in [-0.2, -0.15) is 0 Å². The number of para-hydroxylation sites is 1. The van der Waals surface area contributed by atoms with Gasteiger partial charge >= 0.3 is 0 Å². The van der Waals surface area contributed by atoms with Gasteiger partial charge in [0, 0.05) is 11.1 Å². The highest BCUT2D eigenvalue weighted by Crippen LogP contribution is 2.35. The molecule has 0 aliphatic carbocycles. The second kappa shape index (κ2) is 4.26. The molecule has 3 rings (SSSR count). The molecule has 88 valence electrons. The van der Waals surface area contributed by atoms with E-state index in [0.717, 1.165) is 36.3 Å². The van der Waals surface area contributed by atoms with Crippen LogP contribution in [-0.2, 0) is 6.42 Å². The minimum Gasteiger partial charge on any atom is -0.493 e. The lowest BCUT2D eigenvalue weighted by molar-refractivity contribution is 0.206. The minimum absolute atomic E-state index is 0.679. The van der Waals surface area contributed by atoms with E-state index in [2.05, 4.69) is 6.07 Å². The Labute approximate surface area is 99.6 Å². The Morgan fingerprint density at radius 3 is 3.00 bits per heavy atom. The molecule has 0 bridgehead atoms. The van der Waals surface area contributed by atoms with Crippen molar-refractivity contribution in [3.05, 3.63) is 53.5 Å². The van der Waals surface area contributed by atoms with Crippen LogP contribution in [0, 0.1) is 0 Å². The summed E-state index contributed by atoms with van der Waals surface area (Å²) in [6, 6.07) is 7.70. The standard InChI is InChI=1S/C14H14O3/c15-13(11-6-8-16-9-11)12-5-1-3-10-4-2-7-17-14(10)12/h1,3,5-6,8-9,13,15H,2,4,7H2. The van der Waals surface area contributed by atoms with Crippen LogP contribution >= 0.6 is 0 Å². The number of fused-ring (bicyclic) bond motifs is 1. The van der Waals surface area contributed by atoms with Crippen molar-refractivity contribution in [1.29, 1.82) is 0 Å². The highest BCUT2D eigenvalue weighted by atomic mass is 16.5. The van der Waals surface area contributed by atoms with Gasteiger partial charge in [0.05, 0.1) is 19.1 Å². The first-order valence-corrected chi connectivity index (χ1v) is 5.81. The predicted octanol–water partition coefficient (Wildman–Crippen LogP) is 2.69. The summed E-state index contributed by atoms with van der Waals surface area (Å²) in [6.45, 7) is 0.724. The van der Waals surface area contributed by atoms with Gasteiger partial charge in [0.25, 0.3) is 0 Å². The van der Waals surface area contributed by atoms with Crippen LogP contribution in [-0.4, -0.2) is 11.7 Å². The molecule has 0 radical (unpaired) electrons. The third kappa shape index (κ3) is 1.83. The molecule has 1 unspecified atom stereocenters. The Morgan fingerprint density at radius 2 is 2.18 bits per heavy atom. The predicted molar refractivity (Wildman–Crippen MR) is 63.0 cm³/mol. The number of hydrogen-bond acceptors (Lipinski definition) is 3. The topological polar surface area (TPSA) is 42.6 Å². The van der Waals surface area contributed by atoms with Crippen LogP contribution in [0.15, 0.2) is 41.2 Å². The Morgan fingerprint density at radius 1 is 1.24 bits per heavy atom. The molecule has 2 heterocycles. The van der Waals surface area contributed by atoms with Crippen molar-refractivity contribution in [3.63, 3.8) is 0 Å². The highest BCUT2D eigenvalue weighted by Gasteiger charge is 2.21. The van der Waals surface area contributed by atoms with Crippen LogP contribution in [0.25, 0.3) is 0 Å². The lowest BCUT2D eigenvalue weighted by Gasteiger charge is -2.22. The molecule has 3 heteroatoms. The first-order chi connectivity index (χ1) is 8.36. The summed E-state index contributed by atoms with van der Waals surface area (Å²) < 4.78 is 10.7. The third-order valence-corrected chi connectivity index (χ3v) is 3.12. The van der Waals surface area contributed by atoms with Gasteiger partial charge in [-0.3, -0.25) is 0 Å². The summed E-state index contributed by atoms with van der Waals surface area (Å²) in [6.07, 6.45) is 4.50. The number of ether oxygens (including phenoxy) is 1. The molecule has 0 spiro atoms. The SMILES string of the molecule is OC(c1ccoc1)c1cccc2c1OCCC2. The van der Waals surface area contributed by atoms with Gasteiger partial charge < -0.3 is 14.3 Å². The molecular formula is C14H14O3. The second-order valence-corrected chi connectivity index (χ2v) is 4.25. The van der Waals surface area contributed by atoms with Gasteiger partial charge in [0.2, 0.25) is 0 Å². The van der Waals surface area contributed by atoms with Gasteiger partial charge in [-0.25, -0.2) is 0 Å². The molecule has 1 N–H and O–H groups in total. The Bertz CT molecular complexity index is 502. The van der Waals surface area contributed by atoms with E-state index < -0.39 is 6.10 Å². The first kappa shape index (κ1) is 10.4. The highest BCUT2D eigenvalue weighted by molar-refractivity contribution is 5.46. The van der Waals surface area contributed by atoms with Crippen molar-refractivity contribution in [2.75, 3.05) is 6.61 Å². The Balaban J connectivity index is 2.03. The summed E-state index contributed by atoms with van der Waals surface area (Å²) in [7, 11) is 0. The van der Waals surface area contributed by atoms with Gasteiger partial charge in [-0.05, 0) is 24.5 Å². The molecule has 17 heavy (non-hydrogen) atoms. The van der Waals surface area contributed by atoms with Crippen molar-refractivity contribution in [3.8, 4) is 5.75 Å². The monoisotopic (exact) mass is 230 g/mol. The van der Waals surface area contributed by atoms with E-state index in [-0.39, 0.29) is 0 Å². The summed E-state index contributed by atoms with van der Waals surface area (Å²) in [5, 5.41) is 10.3. The number of aliphatic hydroxyl groups excluding tert-OH is 1. The van der Waals surface area contributed by atoms with Gasteiger partial charge in [-0.1, -0.05) is 18.2 Å². The van der Waals surface area contributed by atoms with Crippen LogP contribution in [0.1, 0.15) is 29.2 Å². The summed E-state index contributed by atoms with van der Waals surface area (Å²) >= 11 is 0. The van der Waals surface area contributed by atoms with E-state index in [4.69, 9.17) is 9.15 Å². The molecule has 1 aromatic carbocycles. The average Bonchev–Trinajstić information content (AvgIpc) is 2.91. The van der Waals surface area contributed by atoms with Gasteiger partial charge in [0.15, 0.2) is 0 Å². The lowest BCUT2D eigenvalue weighted by atomic mass is 9.97. The summed E-state index contributed by atoms with van der Waals surface area (Å²) in [5.74, 6) is 0.840. The number of rotatable bonds is 2. The van der Waals surface area contributed by atoms with Crippen molar-refractivity contribution in [1.82, 2.24) is 0 Å². The molecular weight excluding hydrogens is 216 g/mol. The molecule has 1 aromatic heterocycles. The largest absolute Gasteiger partial charge is 0.493 e. The first-order valence-electron chi connectivity index (χ1n) is 5.81. The van der Waals surface area contributed by atoms with Crippen LogP contribution in [0.3, 0.4) is 0 Å². The molecule has 0 saturated carbocycles. The fraction of sp³-hybridized carbons (Fsp3) is 0.286. The van der Waals surface area contributed by atoms with Crippen LogP contribution in [0.4, 0.5) is 0 Å². The number of furan rings is 1. The molecule has 0 saturated heterocycles. The van der Waals surface area contributed by atoms with E-state index >= 15 is 0 Å². The molecule has 1 aliphatic heterocycles. The van der Waals surface area contributed by atoms with E-state index in [9.17, 15) is 5.11 Å². The van der Waals surface area contributed by atoms with E-state index in [1.807, 2.05) is 12.1 Å². The number of benzene rings is 1. The van der Waals surface area contributed by atoms with Gasteiger partial charge in [-0.15, -0.1) is 0 Å². The summed E-state index contributed by atoms with van der Waals surface area (Å²) in [4.78, 5) is 0. The average molecular weight is 230 g/mol. The van der Waals surface area contributed by atoms with Gasteiger partial charge in [0.1, 0.15) is 11.9 Å². The normalized spacial score (nSPS) is 16.1.